The van der Waals surface area contributed by atoms with Gasteiger partial charge in [-0.2, -0.15) is 0 Å². The Morgan fingerprint density at radius 3 is 1.03 bits per heavy atom. The maximum Gasteiger partial charge on any atom is 0.190 e. The molecule has 0 radical (unpaired) electrons. The molecule has 0 N–H and O–H groups in total. The van der Waals surface area contributed by atoms with E-state index in [1.165, 1.54) is 0 Å². The SMILES string of the molecule is c1ccc(COC[C@H]2O[C@H](O[C@@H]3OC[C@@H](OCc4ccccc4)[C@H](OCc4ccccc4)[C@H]3OCc3ccccc3)[C@H](OCc3ccccc3)[C@@H](OCc3ccccc3)[C@@H]2OCc2ccccc2)cc1. The number of benzene rings is 7. The van der Waals surface area contributed by atoms with Gasteiger partial charge in [-0.05, 0) is 38.9 Å². The number of hydrogen-bond donors (Lipinski definition) is 0. The van der Waals surface area contributed by atoms with E-state index in [1.807, 2.05) is 212 Å². The number of ether oxygens (including phenoxy) is 10. The van der Waals surface area contributed by atoms with Crippen molar-refractivity contribution in [1.29, 1.82) is 0 Å². The van der Waals surface area contributed by atoms with E-state index in [9.17, 15) is 0 Å². The molecule has 10 nitrogen and oxygen atoms in total. The van der Waals surface area contributed by atoms with Crippen LogP contribution in [0.1, 0.15) is 38.9 Å². The van der Waals surface area contributed by atoms with Crippen LogP contribution in [-0.4, -0.2) is 68.5 Å². The van der Waals surface area contributed by atoms with Crippen LogP contribution in [0.4, 0.5) is 0 Å². The second-order valence-corrected chi connectivity index (χ2v) is 17.5. The van der Waals surface area contributed by atoms with Crippen LogP contribution in [0.15, 0.2) is 212 Å². The van der Waals surface area contributed by atoms with Crippen LogP contribution in [0, 0.1) is 0 Å². The Morgan fingerprint density at radius 2 is 0.629 bits per heavy atom. The Kier molecular flexibility index (Phi) is 18.5. The molecule has 9 atom stereocenters. The summed E-state index contributed by atoms with van der Waals surface area (Å²) in [4.78, 5) is 0. The number of hydrogen-bond acceptors (Lipinski definition) is 10. The molecule has 2 aliphatic rings. The zero-order valence-electron chi connectivity index (χ0n) is 39.3. The Morgan fingerprint density at radius 1 is 0.314 bits per heavy atom. The zero-order chi connectivity index (χ0) is 47.4. The number of rotatable bonds is 24. The molecule has 70 heavy (non-hydrogen) atoms. The highest BCUT2D eigenvalue weighted by Gasteiger charge is 2.52. The molecule has 7 aromatic rings. The molecular weight excluding hydrogens is 881 g/mol. The Hall–Kier alpha value is -5.86. The van der Waals surface area contributed by atoms with Crippen LogP contribution < -0.4 is 0 Å². The van der Waals surface area contributed by atoms with E-state index in [4.69, 9.17) is 47.4 Å². The summed E-state index contributed by atoms with van der Waals surface area (Å²) in [7, 11) is 0. The summed E-state index contributed by atoms with van der Waals surface area (Å²) < 4.78 is 69.0. The molecule has 2 saturated heterocycles. The average molecular weight is 943 g/mol. The molecule has 10 heteroatoms. The van der Waals surface area contributed by atoms with Gasteiger partial charge in [-0.15, -0.1) is 0 Å². The highest BCUT2D eigenvalue weighted by Crippen LogP contribution is 2.35. The van der Waals surface area contributed by atoms with Crippen molar-refractivity contribution >= 4 is 0 Å². The molecule has 0 saturated carbocycles. The molecule has 2 heterocycles. The van der Waals surface area contributed by atoms with E-state index in [0.29, 0.717) is 26.4 Å². The molecule has 9 rings (SSSR count). The molecule has 0 aliphatic carbocycles. The lowest BCUT2D eigenvalue weighted by Gasteiger charge is -2.48. The highest BCUT2D eigenvalue weighted by molar-refractivity contribution is 5.19. The van der Waals surface area contributed by atoms with E-state index >= 15 is 0 Å². The standard InChI is InChI=1S/C60H62O10/c1-8-22-45(23-9-1)36-61-43-53-55(64-39-48-28-14-4-15-29-48)56(65-40-49-30-16-5-17-31-49)58(67-42-51-34-20-7-21-35-51)60(69-53)70-59-57(66-41-50-32-18-6-19-33-50)54(63-38-47-26-12-3-13-27-47)52(44-68-59)62-37-46-24-10-2-11-25-46/h1-35,52-60H,36-44H2/t52-,53-,54+,55-,56+,57-,58-,59+,60-/m1/s1. The van der Waals surface area contributed by atoms with Crippen LogP contribution >= 0.6 is 0 Å². The van der Waals surface area contributed by atoms with Gasteiger partial charge in [0.2, 0.25) is 0 Å². The Bertz CT molecular complexity index is 2490. The van der Waals surface area contributed by atoms with Gasteiger partial charge in [0.1, 0.15) is 42.7 Å². The minimum atomic E-state index is -1.06. The minimum Gasteiger partial charge on any atom is -0.374 e. The third-order valence-corrected chi connectivity index (χ3v) is 12.4. The normalized spacial score (nSPS) is 23.5. The van der Waals surface area contributed by atoms with Crippen LogP contribution in [-0.2, 0) is 93.6 Å². The predicted octanol–water partition coefficient (Wildman–Crippen LogP) is 10.8. The third-order valence-electron chi connectivity index (χ3n) is 12.4. The molecule has 362 valence electrons. The first kappa shape index (κ1) is 49.1. The lowest BCUT2D eigenvalue weighted by molar-refractivity contribution is -0.384. The van der Waals surface area contributed by atoms with Gasteiger partial charge in [-0.25, -0.2) is 0 Å². The maximum atomic E-state index is 7.19. The van der Waals surface area contributed by atoms with Crippen molar-refractivity contribution < 1.29 is 47.4 Å². The van der Waals surface area contributed by atoms with Gasteiger partial charge in [0.05, 0.1) is 59.5 Å². The fourth-order valence-electron chi connectivity index (χ4n) is 8.68. The minimum absolute atomic E-state index is 0.158. The van der Waals surface area contributed by atoms with Gasteiger partial charge < -0.3 is 47.4 Å². The Balaban J connectivity index is 1.06. The van der Waals surface area contributed by atoms with Crippen molar-refractivity contribution in [3.05, 3.63) is 251 Å². The summed E-state index contributed by atoms with van der Waals surface area (Å²) in [5.74, 6) is 0. The third kappa shape index (κ3) is 14.4. The van der Waals surface area contributed by atoms with Gasteiger partial charge in [-0.1, -0.05) is 212 Å². The molecule has 7 aromatic carbocycles. The molecule has 0 unspecified atom stereocenters. The second kappa shape index (κ2) is 26.4. The van der Waals surface area contributed by atoms with Crippen LogP contribution in [0.2, 0.25) is 0 Å². The lowest BCUT2D eigenvalue weighted by Crippen LogP contribution is -2.64. The van der Waals surface area contributed by atoms with E-state index in [1.54, 1.807) is 0 Å². The maximum absolute atomic E-state index is 7.19. The van der Waals surface area contributed by atoms with Crippen molar-refractivity contribution in [3.8, 4) is 0 Å². The largest absolute Gasteiger partial charge is 0.374 e. The van der Waals surface area contributed by atoms with Crippen molar-refractivity contribution in [2.75, 3.05) is 13.2 Å². The first-order valence-corrected chi connectivity index (χ1v) is 24.2. The van der Waals surface area contributed by atoms with Crippen LogP contribution in [0.5, 0.6) is 0 Å². The monoisotopic (exact) mass is 942 g/mol. The van der Waals surface area contributed by atoms with E-state index < -0.39 is 55.3 Å². The molecular formula is C60H62O10. The molecule has 0 spiro atoms. The topological polar surface area (TPSA) is 92.3 Å². The van der Waals surface area contributed by atoms with E-state index in [0.717, 1.165) is 38.9 Å². The van der Waals surface area contributed by atoms with Crippen molar-refractivity contribution in [3.63, 3.8) is 0 Å². The van der Waals surface area contributed by atoms with Crippen LogP contribution in [0.3, 0.4) is 0 Å². The Labute approximate surface area is 411 Å². The zero-order valence-corrected chi connectivity index (χ0v) is 39.3. The van der Waals surface area contributed by atoms with Gasteiger partial charge >= 0.3 is 0 Å². The molecule has 2 fully saturated rings. The average Bonchev–Trinajstić information content (AvgIpc) is 3.42. The quantitative estimate of drug-likeness (QED) is 0.0583. The second-order valence-electron chi connectivity index (χ2n) is 17.5. The van der Waals surface area contributed by atoms with Crippen LogP contribution in [0.25, 0.3) is 0 Å². The highest BCUT2D eigenvalue weighted by atomic mass is 16.8. The van der Waals surface area contributed by atoms with Gasteiger partial charge in [-0.3, -0.25) is 0 Å². The summed E-state index contributed by atoms with van der Waals surface area (Å²) in [6, 6.07) is 70.5. The molecule has 0 amide bonds. The van der Waals surface area contributed by atoms with E-state index in [2.05, 4.69) is 0 Å². The van der Waals surface area contributed by atoms with Gasteiger partial charge in [0, 0.05) is 0 Å². The van der Waals surface area contributed by atoms with E-state index in [-0.39, 0.29) is 33.0 Å². The smallest absolute Gasteiger partial charge is 0.190 e. The molecule has 0 aromatic heterocycles. The summed E-state index contributed by atoms with van der Waals surface area (Å²) in [5, 5.41) is 0. The fourth-order valence-corrected chi connectivity index (χ4v) is 8.68. The predicted molar refractivity (Wildman–Crippen MR) is 266 cm³/mol. The first-order valence-electron chi connectivity index (χ1n) is 24.2. The van der Waals surface area contributed by atoms with Gasteiger partial charge in [0.15, 0.2) is 12.6 Å². The van der Waals surface area contributed by atoms with Crippen molar-refractivity contribution in [2.24, 2.45) is 0 Å². The summed E-state index contributed by atoms with van der Waals surface area (Å²) in [6.07, 6.45) is -6.87. The first-order chi connectivity index (χ1) is 34.7. The summed E-state index contributed by atoms with van der Waals surface area (Å²) in [6.45, 7) is 2.46. The summed E-state index contributed by atoms with van der Waals surface area (Å²) in [5.41, 5.74) is 7.04. The van der Waals surface area contributed by atoms with Crippen molar-refractivity contribution in [1.82, 2.24) is 0 Å². The van der Waals surface area contributed by atoms with Gasteiger partial charge in [0.25, 0.3) is 0 Å². The van der Waals surface area contributed by atoms with Crippen molar-refractivity contribution in [2.45, 2.75) is 102 Å². The molecule has 0 bridgehead atoms. The summed E-state index contributed by atoms with van der Waals surface area (Å²) >= 11 is 0. The lowest BCUT2D eigenvalue weighted by atomic mass is 9.97. The fraction of sp³-hybridized carbons (Fsp3) is 0.300. The molecule has 2 aliphatic heterocycles.